The summed E-state index contributed by atoms with van der Waals surface area (Å²) in [5, 5.41) is 19.5. The highest BCUT2D eigenvalue weighted by Crippen LogP contribution is 2.27. The quantitative estimate of drug-likeness (QED) is 0.296. The van der Waals surface area contributed by atoms with Crippen LogP contribution in [0.5, 0.6) is 0 Å². The Morgan fingerprint density at radius 1 is 1.13 bits per heavy atom. The highest BCUT2D eigenvalue weighted by Gasteiger charge is 2.19. The third kappa shape index (κ3) is 3.49. The van der Waals surface area contributed by atoms with Crippen molar-refractivity contribution in [1.82, 2.24) is 14.6 Å². The van der Waals surface area contributed by atoms with Gasteiger partial charge < -0.3 is 4.74 Å². The minimum absolute atomic E-state index is 0.0129. The zero-order valence-corrected chi connectivity index (χ0v) is 16.3. The number of non-ortho nitro benzene ring substituents is 1. The molecule has 0 atom stereocenters. The fourth-order valence-electron chi connectivity index (χ4n) is 2.82. The molecule has 0 unspecified atom stereocenters. The second-order valence-corrected chi connectivity index (χ2v) is 6.88. The Balaban J connectivity index is 1.62. The molecule has 11 heteroatoms. The molecule has 2 aromatic carbocycles. The molecule has 0 saturated carbocycles. The minimum atomic E-state index is -0.625. The van der Waals surface area contributed by atoms with E-state index < -0.39 is 16.8 Å². The van der Waals surface area contributed by atoms with Crippen LogP contribution in [0.25, 0.3) is 16.2 Å². The summed E-state index contributed by atoms with van der Waals surface area (Å²) in [6, 6.07) is 12.3. The topological polar surface area (TPSA) is 129 Å². The number of carbonyl (C=O) groups is 2. The van der Waals surface area contributed by atoms with Gasteiger partial charge in [0.1, 0.15) is 0 Å². The number of nitro benzene ring substituents is 1. The molecular formula is C19H13N5O5S. The molecule has 0 aliphatic rings. The van der Waals surface area contributed by atoms with E-state index in [-0.39, 0.29) is 22.8 Å². The van der Waals surface area contributed by atoms with E-state index in [9.17, 15) is 19.7 Å². The van der Waals surface area contributed by atoms with E-state index in [1.54, 1.807) is 24.3 Å². The molecule has 0 aliphatic heterocycles. The lowest BCUT2D eigenvalue weighted by atomic mass is 10.1. The first kappa shape index (κ1) is 19.2. The van der Waals surface area contributed by atoms with Crippen molar-refractivity contribution in [3.05, 3.63) is 75.2 Å². The van der Waals surface area contributed by atoms with E-state index in [0.29, 0.717) is 16.2 Å². The van der Waals surface area contributed by atoms with Gasteiger partial charge in [-0.1, -0.05) is 12.1 Å². The predicted molar refractivity (Wildman–Crippen MR) is 109 cm³/mol. The van der Waals surface area contributed by atoms with Gasteiger partial charge in [0, 0.05) is 23.1 Å². The molecule has 30 heavy (non-hydrogen) atoms. The van der Waals surface area contributed by atoms with E-state index in [2.05, 4.69) is 15.4 Å². The number of nitro groups is 1. The van der Waals surface area contributed by atoms with Gasteiger partial charge in [-0.25, -0.2) is 9.31 Å². The summed E-state index contributed by atoms with van der Waals surface area (Å²) in [5.41, 5.74) is 1.64. The van der Waals surface area contributed by atoms with Gasteiger partial charge >= 0.3 is 5.97 Å². The second kappa shape index (κ2) is 7.72. The standard InChI is InChI=1S/C19H13N5O5S/c1-29-17(26)14-5-3-2-4-13(14)16(25)20-18-21-19-23(22-18)15(10-30-19)11-6-8-12(9-7-11)24(27)28/h2-10H,1H3,(H,20,22,25). The molecule has 0 aliphatic carbocycles. The number of anilines is 1. The number of nitrogens with one attached hydrogen (secondary N) is 1. The third-order valence-corrected chi connectivity index (χ3v) is 5.07. The molecule has 150 valence electrons. The minimum Gasteiger partial charge on any atom is -0.465 e. The van der Waals surface area contributed by atoms with Crippen molar-refractivity contribution in [2.24, 2.45) is 0 Å². The number of rotatable bonds is 5. The molecule has 0 radical (unpaired) electrons. The first-order chi connectivity index (χ1) is 14.5. The number of amides is 1. The van der Waals surface area contributed by atoms with E-state index in [1.807, 2.05) is 5.38 Å². The van der Waals surface area contributed by atoms with Gasteiger partial charge in [-0.3, -0.25) is 20.2 Å². The fourth-order valence-corrected chi connectivity index (χ4v) is 3.66. The van der Waals surface area contributed by atoms with Crippen LogP contribution in [0.4, 0.5) is 11.6 Å². The number of aromatic nitrogens is 3. The maximum atomic E-state index is 12.6. The highest BCUT2D eigenvalue weighted by atomic mass is 32.1. The van der Waals surface area contributed by atoms with Crippen molar-refractivity contribution < 1.29 is 19.2 Å². The van der Waals surface area contributed by atoms with Gasteiger partial charge in [0.15, 0.2) is 0 Å². The van der Waals surface area contributed by atoms with Crippen molar-refractivity contribution in [3.63, 3.8) is 0 Å². The number of benzene rings is 2. The van der Waals surface area contributed by atoms with Gasteiger partial charge in [0.2, 0.25) is 4.96 Å². The number of esters is 1. The molecule has 1 amide bonds. The Bertz CT molecular complexity index is 1280. The highest BCUT2D eigenvalue weighted by molar-refractivity contribution is 7.15. The SMILES string of the molecule is COC(=O)c1ccccc1C(=O)Nc1nc2scc(-c3ccc([N+](=O)[O-])cc3)n2n1. The van der Waals surface area contributed by atoms with Crippen LogP contribution in [-0.4, -0.2) is 38.5 Å². The van der Waals surface area contributed by atoms with Gasteiger partial charge in [-0.15, -0.1) is 16.4 Å². The van der Waals surface area contributed by atoms with Crippen molar-refractivity contribution in [2.75, 3.05) is 12.4 Å². The van der Waals surface area contributed by atoms with Crippen molar-refractivity contribution in [2.45, 2.75) is 0 Å². The molecule has 2 heterocycles. The van der Waals surface area contributed by atoms with Crippen LogP contribution in [0.2, 0.25) is 0 Å². The Kier molecular flexibility index (Phi) is 4.94. The normalized spacial score (nSPS) is 10.7. The van der Waals surface area contributed by atoms with Crippen molar-refractivity contribution in [3.8, 4) is 11.3 Å². The van der Waals surface area contributed by atoms with Gasteiger partial charge in [0.05, 0.1) is 28.9 Å². The van der Waals surface area contributed by atoms with Crippen LogP contribution in [0.3, 0.4) is 0 Å². The first-order valence-corrected chi connectivity index (χ1v) is 9.43. The van der Waals surface area contributed by atoms with Crippen molar-refractivity contribution in [1.29, 1.82) is 0 Å². The zero-order chi connectivity index (χ0) is 21.3. The maximum absolute atomic E-state index is 12.6. The van der Waals surface area contributed by atoms with Gasteiger partial charge in [0.25, 0.3) is 17.5 Å². The lowest BCUT2D eigenvalue weighted by Gasteiger charge is -2.06. The van der Waals surface area contributed by atoms with E-state index in [1.165, 1.54) is 47.2 Å². The van der Waals surface area contributed by atoms with Crippen LogP contribution in [0, 0.1) is 10.1 Å². The van der Waals surface area contributed by atoms with Crippen LogP contribution < -0.4 is 5.32 Å². The molecule has 0 spiro atoms. The van der Waals surface area contributed by atoms with Crippen LogP contribution >= 0.6 is 11.3 Å². The number of methoxy groups -OCH3 is 1. The van der Waals surface area contributed by atoms with E-state index in [4.69, 9.17) is 4.74 Å². The Hall–Kier alpha value is -4.12. The zero-order valence-electron chi connectivity index (χ0n) is 15.4. The number of thiazole rings is 1. The third-order valence-electron chi connectivity index (χ3n) is 4.26. The van der Waals surface area contributed by atoms with Gasteiger partial charge in [-0.2, -0.15) is 4.98 Å². The largest absolute Gasteiger partial charge is 0.465 e. The summed E-state index contributed by atoms with van der Waals surface area (Å²) in [4.78, 5) is 39.7. The van der Waals surface area contributed by atoms with Gasteiger partial charge in [-0.05, 0) is 24.3 Å². The van der Waals surface area contributed by atoms with Crippen molar-refractivity contribution >= 4 is 39.8 Å². The van der Waals surface area contributed by atoms with Crippen LogP contribution in [0.15, 0.2) is 53.9 Å². The number of hydrogen-bond acceptors (Lipinski definition) is 8. The summed E-state index contributed by atoms with van der Waals surface area (Å²) in [6.45, 7) is 0. The molecule has 10 nitrogen and oxygen atoms in total. The Morgan fingerprint density at radius 3 is 2.50 bits per heavy atom. The molecular weight excluding hydrogens is 410 g/mol. The summed E-state index contributed by atoms with van der Waals surface area (Å²) < 4.78 is 6.24. The smallest absolute Gasteiger partial charge is 0.338 e. The second-order valence-electron chi connectivity index (χ2n) is 6.05. The molecule has 0 fully saturated rings. The molecule has 4 rings (SSSR count). The number of carbonyl (C=O) groups excluding carboxylic acids is 2. The van der Waals surface area contributed by atoms with E-state index >= 15 is 0 Å². The maximum Gasteiger partial charge on any atom is 0.338 e. The van der Waals surface area contributed by atoms with Crippen LogP contribution in [-0.2, 0) is 4.74 Å². The number of ether oxygens (including phenoxy) is 1. The fraction of sp³-hybridized carbons (Fsp3) is 0.0526. The molecule has 2 aromatic heterocycles. The summed E-state index contributed by atoms with van der Waals surface area (Å²) in [7, 11) is 1.24. The lowest BCUT2D eigenvalue weighted by Crippen LogP contribution is -2.17. The summed E-state index contributed by atoms with van der Waals surface area (Å²) >= 11 is 1.30. The average Bonchev–Trinajstić information content (AvgIpc) is 3.33. The molecule has 0 bridgehead atoms. The molecule has 0 saturated heterocycles. The number of fused-ring (bicyclic) bond motifs is 1. The molecule has 4 aromatic rings. The summed E-state index contributed by atoms with van der Waals surface area (Å²) in [6.07, 6.45) is 0. The number of hydrogen-bond donors (Lipinski definition) is 1. The Labute approximate surface area is 172 Å². The Morgan fingerprint density at radius 2 is 1.83 bits per heavy atom. The first-order valence-electron chi connectivity index (χ1n) is 8.55. The van der Waals surface area contributed by atoms with E-state index in [0.717, 1.165) is 0 Å². The summed E-state index contributed by atoms with van der Waals surface area (Å²) in [5.74, 6) is -1.11. The lowest BCUT2D eigenvalue weighted by molar-refractivity contribution is -0.384. The monoisotopic (exact) mass is 423 g/mol. The number of nitrogens with zero attached hydrogens (tertiary/aromatic N) is 4. The average molecular weight is 423 g/mol. The predicted octanol–water partition coefficient (Wildman–Crippen LogP) is 3.40. The van der Waals surface area contributed by atoms with Crippen LogP contribution in [0.1, 0.15) is 20.7 Å². The molecule has 1 N–H and O–H groups in total.